The van der Waals surface area contributed by atoms with Gasteiger partial charge in [-0.1, -0.05) is 25.6 Å². The molecule has 0 aromatic carbocycles. The van der Waals surface area contributed by atoms with Gasteiger partial charge >= 0.3 is 6.09 Å². The number of ether oxygens (including phenoxy) is 1. The fraction of sp³-hybridized carbons (Fsp3) is 0.667. The largest absolute Gasteiger partial charge is 0.436 e. The summed E-state index contributed by atoms with van der Waals surface area (Å²) in [6.45, 7) is 7.47. The van der Waals surface area contributed by atoms with Crippen molar-refractivity contribution < 1.29 is 9.53 Å². The molecule has 3 nitrogen and oxygen atoms in total. The van der Waals surface area contributed by atoms with E-state index in [9.17, 15) is 4.79 Å². The standard InChI is InChI=1S/C9H17NO2Si/c1-5-7-12-9(11)10-6-8-13(2,3)4/h1H,6-8H2,2-4H3,(H,10,11). The average Bonchev–Trinajstić information content (AvgIpc) is 1.98. The SMILES string of the molecule is C#CCOC(=O)NCC[Si](C)(C)C. The molecule has 0 rings (SSSR count). The van der Waals surface area contributed by atoms with E-state index in [1.807, 2.05) is 0 Å². The highest BCUT2D eigenvalue weighted by atomic mass is 28.3. The predicted molar refractivity (Wildman–Crippen MR) is 56.3 cm³/mol. The van der Waals surface area contributed by atoms with Crippen LogP contribution in [0.25, 0.3) is 0 Å². The molecule has 0 aliphatic carbocycles. The molecule has 0 aromatic rings. The Labute approximate surface area is 80.9 Å². The lowest BCUT2D eigenvalue weighted by Gasteiger charge is -2.15. The molecule has 4 heteroatoms. The minimum absolute atomic E-state index is 0.0405. The molecule has 1 N–H and O–H groups in total. The topological polar surface area (TPSA) is 38.3 Å². The van der Waals surface area contributed by atoms with Gasteiger partial charge in [0.15, 0.2) is 6.61 Å². The van der Waals surface area contributed by atoms with E-state index in [0.29, 0.717) is 6.54 Å². The number of amides is 1. The fourth-order valence-electron chi connectivity index (χ4n) is 0.698. The highest BCUT2D eigenvalue weighted by Gasteiger charge is 2.12. The van der Waals surface area contributed by atoms with Crippen molar-refractivity contribution in [3.05, 3.63) is 0 Å². The van der Waals surface area contributed by atoms with Crippen molar-refractivity contribution in [3.8, 4) is 12.3 Å². The van der Waals surface area contributed by atoms with Gasteiger partial charge in [0, 0.05) is 14.6 Å². The molecule has 0 aliphatic heterocycles. The molecule has 0 spiro atoms. The van der Waals surface area contributed by atoms with Crippen molar-refractivity contribution in [1.29, 1.82) is 0 Å². The zero-order chi connectivity index (χ0) is 10.3. The minimum atomic E-state index is -1.07. The normalized spacial score (nSPS) is 10.3. The number of nitrogens with one attached hydrogen (secondary N) is 1. The molecule has 0 aromatic heterocycles. The molecular formula is C9H17NO2Si. The van der Waals surface area contributed by atoms with Gasteiger partial charge in [-0.2, -0.15) is 0 Å². The number of hydrogen-bond donors (Lipinski definition) is 1. The van der Waals surface area contributed by atoms with E-state index in [2.05, 4.69) is 35.6 Å². The van der Waals surface area contributed by atoms with Crippen LogP contribution in [0.1, 0.15) is 0 Å². The van der Waals surface area contributed by atoms with Crippen LogP contribution in [0.5, 0.6) is 0 Å². The number of alkyl carbamates (subject to hydrolysis) is 1. The maximum atomic E-state index is 10.9. The van der Waals surface area contributed by atoms with E-state index < -0.39 is 14.2 Å². The second kappa shape index (κ2) is 5.65. The van der Waals surface area contributed by atoms with Crippen LogP contribution in [-0.4, -0.2) is 27.3 Å². The summed E-state index contributed by atoms with van der Waals surface area (Å²) in [4.78, 5) is 10.9. The van der Waals surface area contributed by atoms with Gasteiger partial charge < -0.3 is 10.1 Å². The highest BCUT2D eigenvalue weighted by Crippen LogP contribution is 2.05. The zero-order valence-electron chi connectivity index (χ0n) is 8.52. The Morgan fingerprint density at radius 1 is 1.54 bits per heavy atom. The molecule has 0 bridgehead atoms. The molecule has 0 atom stereocenters. The van der Waals surface area contributed by atoms with Crippen molar-refractivity contribution >= 4 is 14.2 Å². The smallest absolute Gasteiger partial charge is 0.408 e. The van der Waals surface area contributed by atoms with Gasteiger partial charge in [0.2, 0.25) is 0 Å². The number of carbonyl (C=O) groups is 1. The quantitative estimate of drug-likeness (QED) is 0.552. The summed E-state index contributed by atoms with van der Waals surface area (Å²) < 4.78 is 4.64. The van der Waals surface area contributed by atoms with Crippen LogP contribution in [0.15, 0.2) is 0 Å². The molecule has 0 radical (unpaired) electrons. The van der Waals surface area contributed by atoms with Crippen LogP contribution >= 0.6 is 0 Å². The average molecular weight is 199 g/mol. The summed E-state index contributed by atoms with van der Waals surface area (Å²) in [5.74, 6) is 2.23. The molecule has 0 aliphatic rings. The van der Waals surface area contributed by atoms with Crippen LogP contribution in [-0.2, 0) is 4.74 Å². The summed E-state index contributed by atoms with van der Waals surface area (Å²) in [6.07, 6.45) is 4.51. The summed E-state index contributed by atoms with van der Waals surface area (Å²) >= 11 is 0. The van der Waals surface area contributed by atoms with E-state index in [-0.39, 0.29) is 6.61 Å². The van der Waals surface area contributed by atoms with E-state index >= 15 is 0 Å². The van der Waals surface area contributed by atoms with Crippen molar-refractivity contribution in [2.45, 2.75) is 25.7 Å². The first-order valence-corrected chi connectivity index (χ1v) is 8.00. The lowest BCUT2D eigenvalue weighted by atomic mass is 10.7. The van der Waals surface area contributed by atoms with E-state index in [1.54, 1.807) is 0 Å². The first kappa shape index (κ1) is 12.0. The van der Waals surface area contributed by atoms with Crippen LogP contribution in [0, 0.1) is 12.3 Å². The fourth-order valence-corrected chi connectivity index (χ4v) is 1.57. The van der Waals surface area contributed by atoms with Crippen molar-refractivity contribution in [2.24, 2.45) is 0 Å². The third kappa shape index (κ3) is 8.96. The van der Waals surface area contributed by atoms with Gasteiger partial charge in [0.05, 0.1) is 0 Å². The molecule has 0 unspecified atom stereocenters. The maximum absolute atomic E-state index is 10.9. The molecule has 0 saturated heterocycles. The minimum Gasteiger partial charge on any atom is -0.436 e. The summed E-state index contributed by atoms with van der Waals surface area (Å²) in [6, 6.07) is 1.05. The van der Waals surface area contributed by atoms with Crippen LogP contribution in [0.2, 0.25) is 25.7 Å². The highest BCUT2D eigenvalue weighted by molar-refractivity contribution is 6.76. The van der Waals surface area contributed by atoms with Gasteiger partial charge in [-0.15, -0.1) is 6.42 Å². The summed E-state index contributed by atoms with van der Waals surface area (Å²) in [5, 5.41) is 2.65. The Kier molecular flexibility index (Phi) is 5.24. The number of carbonyl (C=O) groups excluding carboxylic acids is 1. The molecule has 1 amide bonds. The number of terminal acetylenes is 1. The molecule has 13 heavy (non-hydrogen) atoms. The van der Waals surface area contributed by atoms with Gasteiger partial charge in [-0.25, -0.2) is 4.79 Å². The third-order valence-electron chi connectivity index (χ3n) is 1.43. The molecule has 0 fully saturated rings. The maximum Gasteiger partial charge on any atom is 0.408 e. The van der Waals surface area contributed by atoms with Crippen molar-refractivity contribution in [3.63, 3.8) is 0 Å². The number of hydrogen-bond acceptors (Lipinski definition) is 2. The zero-order valence-corrected chi connectivity index (χ0v) is 9.52. The Morgan fingerprint density at radius 3 is 2.62 bits per heavy atom. The monoisotopic (exact) mass is 199 g/mol. The predicted octanol–water partition coefficient (Wildman–Crippen LogP) is 1.68. The van der Waals surface area contributed by atoms with Crippen molar-refractivity contribution in [1.82, 2.24) is 5.32 Å². The first-order valence-electron chi connectivity index (χ1n) is 4.30. The van der Waals surface area contributed by atoms with Gasteiger partial charge in [0.1, 0.15) is 0 Å². The van der Waals surface area contributed by atoms with Crippen LogP contribution in [0.4, 0.5) is 4.79 Å². The summed E-state index contributed by atoms with van der Waals surface area (Å²) in [7, 11) is -1.07. The Balaban J connectivity index is 3.44. The summed E-state index contributed by atoms with van der Waals surface area (Å²) in [5.41, 5.74) is 0. The Morgan fingerprint density at radius 2 is 2.15 bits per heavy atom. The molecule has 0 heterocycles. The van der Waals surface area contributed by atoms with Crippen LogP contribution < -0.4 is 5.32 Å². The molecule has 74 valence electrons. The second-order valence-corrected chi connectivity index (χ2v) is 9.64. The molecular weight excluding hydrogens is 182 g/mol. The Hall–Kier alpha value is -0.953. The van der Waals surface area contributed by atoms with Crippen molar-refractivity contribution in [2.75, 3.05) is 13.2 Å². The molecule has 0 saturated carbocycles. The van der Waals surface area contributed by atoms with Gasteiger partial charge in [-0.3, -0.25) is 0 Å². The third-order valence-corrected chi connectivity index (χ3v) is 3.18. The van der Waals surface area contributed by atoms with E-state index in [1.165, 1.54) is 0 Å². The lowest BCUT2D eigenvalue weighted by Crippen LogP contribution is -2.31. The Bertz CT molecular complexity index is 203. The number of rotatable bonds is 4. The lowest BCUT2D eigenvalue weighted by molar-refractivity contribution is 0.160. The second-order valence-electron chi connectivity index (χ2n) is 4.02. The van der Waals surface area contributed by atoms with Gasteiger partial charge in [-0.05, 0) is 6.04 Å². The van der Waals surface area contributed by atoms with Gasteiger partial charge in [0.25, 0.3) is 0 Å². The first-order chi connectivity index (χ1) is 5.95. The van der Waals surface area contributed by atoms with Crippen LogP contribution in [0.3, 0.4) is 0 Å². The van der Waals surface area contributed by atoms with E-state index in [0.717, 1.165) is 6.04 Å². The van der Waals surface area contributed by atoms with E-state index in [4.69, 9.17) is 6.42 Å².